The van der Waals surface area contributed by atoms with E-state index in [2.05, 4.69) is 28.5 Å². The lowest BCUT2D eigenvalue weighted by Gasteiger charge is -2.16. The minimum Gasteiger partial charge on any atom is -0.375 e. The number of carbonyl (C=O) groups excluding carboxylic acids is 1. The van der Waals surface area contributed by atoms with Crippen molar-refractivity contribution >= 4 is 33.1 Å². The Hall–Kier alpha value is -3.07. The Kier molecular flexibility index (Phi) is 3.54. The molecule has 24 heavy (non-hydrogen) atoms. The van der Waals surface area contributed by atoms with Gasteiger partial charge in [-0.25, -0.2) is 0 Å². The van der Waals surface area contributed by atoms with Crippen LogP contribution in [0.4, 0.5) is 5.69 Å². The molecule has 0 aliphatic heterocycles. The predicted molar refractivity (Wildman–Crippen MR) is 99.7 cm³/mol. The summed E-state index contributed by atoms with van der Waals surface area (Å²) in [4.78, 5) is 16.0. The summed E-state index contributed by atoms with van der Waals surface area (Å²) in [6.07, 6.45) is 1.80. The number of aromatic amines is 1. The van der Waals surface area contributed by atoms with Gasteiger partial charge in [-0.15, -0.1) is 0 Å². The third kappa shape index (κ3) is 2.44. The molecule has 0 radical (unpaired) electrons. The minimum atomic E-state index is -0.310. The molecule has 0 amide bonds. The van der Waals surface area contributed by atoms with Crippen molar-refractivity contribution in [1.29, 1.82) is 0 Å². The van der Waals surface area contributed by atoms with Crippen LogP contribution in [-0.2, 0) is 0 Å². The van der Waals surface area contributed by atoms with E-state index in [0.29, 0.717) is 0 Å². The van der Waals surface area contributed by atoms with Crippen LogP contribution in [0.2, 0.25) is 0 Å². The molecule has 0 fully saturated rings. The smallest absolute Gasteiger partial charge is 0.186 e. The molecular formula is C21H18N2O. The molecule has 0 spiro atoms. The molecule has 0 aliphatic rings. The molecule has 1 atom stereocenters. The number of fused-ring (bicyclic) bond motifs is 2. The maximum Gasteiger partial charge on any atom is 0.186 e. The molecule has 1 aromatic heterocycles. The largest absolute Gasteiger partial charge is 0.375 e. The predicted octanol–water partition coefficient (Wildman–Crippen LogP) is 5.00. The quantitative estimate of drug-likeness (QED) is 0.520. The maximum atomic E-state index is 12.9. The molecule has 4 aromatic rings. The van der Waals surface area contributed by atoms with Gasteiger partial charge in [-0.3, -0.25) is 4.79 Å². The normalized spacial score (nSPS) is 12.4. The Morgan fingerprint density at radius 1 is 0.917 bits per heavy atom. The third-order valence-electron chi connectivity index (χ3n) is 4.41. The molecule has 3 nitrogen and oxygen atoms in total. The zero-order chi connectivity index (χ0) is 16.5. The molecule has 2 N–H and O–H groups in total. The molecular weight excluding hydrogens is 296 g/mol. The van der Waals surface area contributed by atoms with Crippen LogP contribution >= 0.6 is 0 Å². The molecule has 0 aliphatic carbocycles. The van der Waals surface area contributed by atoms with Crippen LogP contribution in [0.25, 0.3) is 21.7 Å². The second-order valence-corrected chi connectivity index (χ2v) is 6.00. The summed E-state index contributed by atoms with van der Waals surface area (Å²) < 4.78 is 0. The van der Waals surface area contributed by atoms with Gasteiger partial charge >= 0.3 is 0 Å². The summed E-state index contributed by atoms with van der Waals surface area (Å²) in [5.41, 5.74) is 2.69. The summed E-state index contributed by atoms with van der Waals surface area (Å²) in [6, 6.07) is 21.8. The van der Waals surface area contributed by atoms with Crippen LogP contribution in [0.5, 0.6) is 0 Å². The molecule has 118 valence electrons. The Bertz CT molecular complexity index is 1030. The van der Waals surface area contributed by atoms with Gasteiger partial charge in [-0.05, 0) is 24.4 Å². The number of nitrogens with one attached hydrogen (secondary N) is 2. The SMILES string of the molecule is C[C@H](Nc1cccc2ccccc12)C(=O)c1c[nH]c2ccccc12. The first kappa shape index (κ1) is 14.5. The van der Waals surface area contributed by atoms with E-state index in [1.165, 1.54) is 0 Å². The lowest BCUT2D eigenvalue weighted by Crippen LogP contribution is -2.26. The number of hydrogen-bond acceptors (Lipinski definition) is 2. The Morgan fingerprint density at radius 2 is 1.62 bits per heavy atom. The molecule has 0 unspecified atom stereocenters. The van der Waals surface area contributed by atoms with Crippen LogP contribution in [0.1, 0.15) is 17.3 Å². The van der Waals surface area contributed by atoms with E-state index in [0.717, 1.165) is 32.9 Å². The van der Waals surface area contributed by atoms with Crippen LogP contribution in [0.15, 0.2) is 72.9 Å². The number of hydrogen-bond donors (Lipinski definition) is 2. The highest BCUT2D eigenvalue weighted by Gasteiger charge is 2.19. The van der Waals surface area contributed by atoms with Crippen molar-refractivity contribution in [2.45, 2.75) is 13.0 Å². The van der Waals surface area contributed by atoms with Crippen molar-refractivity contribution in [3.05, 3.63) is 78.5 Å². The van der Waals surface area contributed by atoms with E-state index in [-0.39, 0.29) is 11.8 Å². The van der Waals surface area contributed by atoms with Gasteiger partial charge in [0, 0.05) is 33.7 Å². The van der Waals surface area contributed by atoms with E-state index in [9.17, 15) is 4.79 Å². The summed E-state index contributed by atoms with van der Waals surface area (Å²) >= 11 is 0. The average molecular weight is 314 g/mol. The minimum absolute atomic E-state index is 0.0837. The van der Waals surface area contributed by atoms with Crippen molar-refractivity contribution in [2.75, 3.05) is 5.32 Å². The Morgan fingerprint density at radius 3 is 2.50 bits per heavy atom. The standard InChI is InChI=1S/C21H18N2O/c1-14(21(24)18-13-22-19-11-5-4-10-17(18)19)23-20-12-6-8-15-7-2-3-9-16(15)20/h2-14,22-23H,1H3/t14-/m0/s1. The summed E-state index contributed by atoms with van der Waals surface area (Å²) in [5.74, 6) is 0.0837. The Labute approximate surface area is 140 Å². The first-order chi connectivity index (χ1) is 11.7. The van der Waals surface area contributed by atoms with Crippen molar-refractivity contribution < 1.29 is 4.79 Å². The molecule has 0 saturated carbocycles. The van der Waals surface area contributed by atoms with Crippen LogP contribution in [-0.4, -0.2) is 16.8 Å². The fourth-order valence-electron chi connectivity index (χ4n) is 3.16. The maximum absolute atomic E-state index is 12.9. The third-order valence-corrected chi connectivity index (χ3v) is 4.41. The van der Waals surface area contributed by atoms with Gasteiger partial charge < -0.3 is 10.3 Å². The summed E-state index contributed by atoms with van der Waals surface area (Å²) in [7, 11) is 0. The van der Waals surface area contributed by atoms with Crippen molar-refractivity contribution in [1.82, 2.24) is 4.98 Å². The first-order valence-corrected chi connectivity index (χ1v) is 8.08. The summed E-state index contributed by atoms with van der Waals surface area (Å²) in [6.45, 7) is 1.91. The summed E-state index contributed by atoms with van der Waals surface area (Å²) in [5, 5.41) is 6.63. The van der Waals surface area contributed by atoms with Crippen molar-refractivity contribution in [2.24, 2.45) is 0 Å². The van der Waals surface area contributed by atoms with E-state index in [1.54, 1.807) is 6.20 Å². The van der Waals surface area contributed by atoms with Gasteiger partial charge in [0.1, 0.15) is 0 Å². The second kappa shape index (κ2) is 5.85. The topological polar surface area (TPSA) is 44.9 Å². The Balaban J connectivity index is 1.66. The van der Waals surface area contributed by atoms with E-state index in [1.807, 2.05) is 55.5 Å². The number of anilines is 1. The van der Waals surface area contributed by atoms with E-state index >= 15 is 0 Å². The number of ketones is 1. The number of para-hydroxylation sites is 1. The van der Waals surface area contributed by atoms with Crippen LogP contribution in [0, 0.1) is 0 Å². The zero-order valence-electron chi connectivity index (χ0n) is 13.4. The molecule has 4 rings (SSSR count). The van der Waals surface area contributed by atoms with Gasteiger partial charge in [0.05, 0.1) is 6.04 Å². The van der Waals surface area contributed by atoms with Crippen molar-refractivity contribution in [3.63, 3.8) is 0 Å². The van der Waals surface area contributed by atoms with E-state index in [4.69, 9.17) is 0 Å². The lowest BCUT2D eigenvalue weighted by molar-refractivity contribution is 0.0977. The van der Waals surface area contributed by atoms with Gasteiger partial charge in [-0.2, -0.15) is 0 Å². The second-order valence-electron chi connectivity index (χ2n) is 6.00. The van der Waals surface area contributed by atoms with Gasteiger partial charge in [-0.1, -0.05) is 54.6 Å². The fourth-order valence-corrected chi connectivity index (χ4v) is 3.16. The average Bonchev–Trinajstić information content (AvgIpc) is 3.05. The van der Waals surface area contributed by atoms with Gasteiger partial charge in [0.25, 0.3) is 0 Å². The van der Waals surface area contributed by atoms with Gasteiger partial charge in [0.15, 0.2) is 5.78 Å². The number of H-pyrrole nitrogens is 1. The molecule has 3 aromatic carbocycles. The molecule has 1 heterocycles. The number of carbonyl (C=O) groups is 1. The fraction of sp³-hybridized carbons (Fsp3) is 0.0952. The molecule has 0 bridgehead atoms. The zero-order valence-corrected chi connectivity index (χ0v) is 13.4. The number of rotatable bonds is 4. The number of aromatic nitrogens is 1. The molecule has 3 heteroatoms. The van der Waals surface area contributed by atoms with Crippen molar-refractivity contribution in [3.8, 4) is 0 Å². The highest BCUT2D eigenvalue weighted by molar-refractivity contribution is 6.11. The first-order valence-electron chi connectivity index (χ1n) is 8.08. The van der Waals surface area contributed by atoms with Crippen LogP contribution in [0.3, 0.4) is 0 Å². The monoisotopic (exact) mass is 314 g/mol. The van der Waals surface area contributed by atoms with Crippen LogP contribution < -0.4 is 5.32 Å². The number of benzene rings is 3. The highest BCUT2D eigenvalue weighted by Crippen LogP contribution is 2.25. The molecule has 0 saturated heterocycles. The lowest BCUT2D eigenvalue weighted by atomic mass is 10.0. The highest BCUT2D eigenvalue weighted by atomic mass is 16.1. The van der Waals surface area contributed by atoms with Gasteiger partial charge in [0.2, 0.25) is 0 Å². The van der Waals surface area contributed by atoms with E-state index < -0.39 is 0 Å². The number of Topliss-reactive ketones (excluding diaryl/α,β-unsaturated/α-hetero) is 1.